The van der Waals surface area contributed by atoms with Crippen LogP contribution in [0, 0.1) is 0 Å². The summed E-state index contributed by atoms with van der Waals surface area (Å²) in [5, 5.41) is 8.43. The maximum atomic E-state index is 8.43. The Morgan fingerprint density at radius 3 is 2.70 bits per heavy atom. The highest BCUT2D eigenvalue weighted by Crippen LogP contribution is 1.92. The van der Waals surface area contributed by atoms with Gasteiger partial charge in [0.15, 0.2) is 6.29 Å². The average molecular weight is 150 g/mol. The molecule has 0 aliphatic carbocycles. The Labute approximate surface area is 60.1 Å². The predicted molar refractivity (Wildman–Crippen MR) is 35.8 cm³/mol. The lowest BCUT2D eigenvalue weighted by atomic mass is 10.6. The van der Waals surface area contributed by atoms with E-state index in [0.717, 1.165) is 0 Å². The van der Waals surface area contributed by atoms with Crippen LogP contribution in [0.4, 0.5) is 0 Å². The fourth-order valence-corrected chi connectivity index (χ4v) is 0.483. The second kappa shape index (κ2) is 5.57. The largest absolute Gasteiger partial charge is 0.392 e. The summed E-state index contributed by atoms with van der Waals surface area (Å²) in [6, 6.07) is 0. The Morgan fingerprint density at radius 2 is 2.30 bits per heavy atom. The van der Waals surface area contributed by atoms with E-state index >= 15 is 0 Å². The predicted octanol–water partition coefficient (Wildman–Crippen LogP) is -1.22. The lowest BCUT2D eigenvalue weighted by Gasteiger charge is -2.16. The molecule has 62 valence electrons. The molecule has 2 atom stereocenters. The number of aliphatic hydroxyl groups excluding tert-OH is 1. The van der Waals surface area contributed by atoms with Crippen molar-refractivity contribution < 1.29 is 14.7 Å². The van der Waals surface area contributed by atoms with Crippen molar-refractivity contribution in [3.63, 3.8) is 0 Å². The number of hydroxylamine groups is 1. The summed E-state index contributed by atoms with van der Waals surface area (Å²) in [4.78, 5) is 4.75. The second-order valence-electron chi connectivity index (χ2n) is 1.75. The Balaban J connectivity index is 3.27. The monoisotopic (exact) mass is 150 g/mol. The zero-order valence-electron chi connectivity index (χ0n) is 6.20. The van der Waals surface area contributed by atoms with Crippen LogP contribution in [-0.4, -0.2) is 31.3 Å². The molecule has 0 aromatic carbocycles. The SMILES string of the molecule is CNOC(C)OC(N)CO. The minimum Gasteiger partial charge on any atom is -0.392 e. The molecule has 5 nitrogen and oxygen atoms in total. The second-order valence-corrected chi connectivity index (χ2v) is 1.75. The molecule has 0 aromatic rings. The standard InChI is InChI=1S/C5H14N2O3/c1-4(10-7-2)9-5(6)3-8/h4-5,7-8H,3,6H2,1-2H3. The Morgan fingerprint density at radius 1 is 1.70 bits per heavy atom. The first-order valence-corrected chi connectivity index (χ1v) is 3.05. The van der Waals surface area contributed by atoms with Crippen molar-refractivity contribution in [1.29, 1.82) is 0 Å². The smallest absolute Gasteiger partial charge is 0.176 e. The molecule has 4 N–H and O–H groups in total. The Kier molecular flexibility index (Phi) is 5.46. The molecular weight excluding hydrogens is 136 g/mol. The summed E-state index contributed by atoms with van der Waals surface area (Å²) in [7, 11) is 1.62. The maximum absolute atomic E-state index is 8.43. The summed E-state index contributed by atoms with van der Waals surface area (Å²) < 4.78 is 4.88. The minimum absolute atomic E-state index is 0.211. The van der Waals surface area contributed by atoms with Gasteiger partial charge in [-0.3, -0.25) is 4.84 Å². The van der Waals surface area contributed by atoms with Crippen molar-refractivity contribution in [1.82, 2.24) is 5.48 Å². The molecule has 0 fully saturated rings. The van der Waals surface area contributed by atoms with Crippen molar-refractivity contribution in [2.75, 3.05) is 13.7 Å². The van der Waals surface area contributed by atoms with Crippen molar-refractivity contribution in [2.24, 2.45) is 5.73 Å². The van der Waals surface area contributed by atoms with E-state index in [-0.39, 0.29) is 6.61 Å². The van der Waals surface area contributed by atoms with Crippen LogP contribution in [0.15, 0.2) is 0 Å². The van der Waals surface area contributed by atoms with E-state index in [9.17, 15) is 0 Å². The summed E-state index contributed by atoms with van der Waals surface area (Å²) in [6.45, 7) is 1.46. The lowest BCUT2D eigenvalue weighted by Crippen LogP contribution is -2.34. The topological polar surface area (TPSA) is 76.7 Å². The molecule has 0 aromatic heterocycles. The zero-order valence-corrected chi connectivity index (χ0v) is 6.20. The van der Waals surface area contributed by atoms with Gasteiger partial charge in [0.25, 0.3) is 0 Å². The van der Waals surface area contributed by atoms with Crippen LogP contribution in [0.5, 0.6) is 0 Å². The summed E-state index contributed by atoms with van der Waals surface area (Å²) in [6.07, 6.45) is -1.13. The first-order valence-electron chi connectivity index (χ1n) is 3.05. The number of nitrogens with one attached hydrogen (secondary N) is 1. The molecule has 5 heteroatoms. The van der Waals surface area contributed by atoms with E-state index in [0.29, 0.717) is 0 Å². The fourth-order valence-electron chi connectivity index (χ4n) is 0.483. The molecule has 0 aliphatic heterocycles. The van der Waals surface area contributed by atoms with Gasteiger partial charge in [-0.05, 0) is 6.92 Å². The molecule has 0 aliphatic rings. The third-order valence-corrected chi connectivity index (χ3v) is 0.830. The van der Waals surface area contributed by atoms with Gasteiger partial charge in [0.05, 0.1) is 6.61 Å². The number of rotatable bonds is 5. The van der Waals surface area contributed by atoms with Gasteiger partial charge in [-0.2, -0.15) is 0 Å². The van der Waals surface area contributed by atoms with E-state index in [1.807, 2.05) is 0 Å². The van der Waals surface area contributed by atoms with Crippen LogP contribution < -0.4 is 11.2 Å². The van der Waals surface area contributed by atoms with E-state index in [1.54, 1.807) is 14.0 Å². The van der Waals surface area contributed by atoms with Gasteiger partial charge in [-0.25, -0.2) is 5.48 Å². The van der Waals surface area contributed by atoms with Crippen LogP contribution in [-0.2, 0) is 9.57 Å². The van der Waals surface area contributed by atoms with E-state index < -0.39 is 12.5 Å². The molecule has 0 spiro atoms. The van der Waals surface area contributed by atoms with E-state index in [2.05, 4.69) is 5.48 Å². The van der Waals surface area contributed by atoms with Gasteiger partial charge >= 0.3 is 0 Å². The lowest BCUT2D eigenvalue weighted by molar-refractivity contribution is -0.193. The van der Waals surface area contributed by atoms with Crippen LogP contribution >= 0.6 is 0 Å². The van der Waals surface area contributed by atoms with Gasteiger partial charge in [-0.15, -0.1) is 0 Å². The third kappa shape index (κ3) is 4.66. The van der Waals surface area contributed by atoms with Crippen molar-refractivity contribution >= 4 is 0 Å². The van der Waals surface area contributed by atoms with Crippen LogP contribution in [0.25, 0.3) is 0 Å². The van der Waals surface area contributed by atoms with Crippen LogP contribution in [0.3, 0.4) is 0 Å². The summed E-state index contributed by atoms with van der Waals surface area (Å²) in [5.74, 6) is 0. The van der Waals surface area contributed by atoms with Crippen molar-refractivity contribution in [3.05, 3.63) is 0 Å². The molecule has 0 rings (SSSR count). The Bertz CT molecular complexity index is 81.3. The van der Waals surface area contributed by atoms with E-state index in [4.69, 9.17) is 20.4 Å². The maximum Gasteiger partial charge on any atom is 0.176 e. The van der Waals surface area contributed by atoms with Gasteiger partial charge in [0.1, 0.15) is 6.23 Å². The number of nitrogens with two attached hydrogens (primary N) is 1. The third-order valence-electron chi connectivity index (χ3n) is 0.830. The highest BCUT2D eigenvalue weighted by Gasteiger charge is 2.06. The normalized spacial score (nSPS) is 16.8. The van der Waals surface area contributed by atoms with Crippen molar-refractivity contribution in [3.8, 4) is 0 Å². The number of aliphatic hydroxyl groups is 1. The molecular formula is C5H14N2O3. The molecule has 0 bridgehead atoms. The molecule has 0 amide bonds. The molecule has 0 saturated carbocycles. The van der Waals surface area contributed by atoms with Crippen molar-refractivity contribution in [2.45, 2.75) is 19.4 Å². The number of ether oxygens (including phenoxy) is 1. The van der Waals surface area contributed by atoms with Crippen LogP contribution in [0.1, 0.15) is 6.92 Å². The van der Waals surface area contributed by atoms with Gasteiger partial charge < -0.3 is 15.6 Å². The molecule has 0 saturated heterocycles. The average Bonchev–Trinajstić information content (AvgIpc) is 1.88. The van der Waals surface area contributed by atoms with E-state index in [1.165, 1.54) is 0 Å². The fraction of sp³-hybridized carbons (Fsp3) is 1.00. The number of hydrogen-bond acceptors (Lipinski definition) is 5. The number of hydrogen-bond donors (Lipinski definition) is 3. The summed E-state index contributed by atoms with van der Waals surface area (Å²) >= 11 is 0. The first-order chi connectivity index (χ1) is 4.70. The molecule has 0 heterocycles. The summed E-state index contributed by atoms with van der Waals surface area (Å²) in [5.41, 5.74) is 7.66. The first kappa shape index (κ1) is 9.80. The minimum atomic E-state index is -0.677. The van der Waals surface area contributed by atoms with Gasteiger partial charge in [-0.1, -0.05) is 0 Å². The molecule has 2 unspecified atom stereocenters. The molecule has 0 radical (unpaired) electrons. The highest BCUT2D eigenvalue weighted by atomic mass is 16.8. The zero-order chi connectivity index (χ0) is 7.98. The highest BCUT2D eigenvalue weighted by molar-refractivity contribution is 4.41. The Hall–Kier alpha value is -0.200. The van der Waals surface area contributed by atoms with Gasteiger partial charge in [0.2, 0.25) is 0 Å². The molecule has 10 heavy (non-hydrogen) atoms. The van der Waals surface area contributed by atoms with Crippen LogP contribution in [0.2, 0.25) is 0 Å². The van der Waals surface area contributed by atoms with Gasteiger partial charge in [0, 0.05) is 7.05 Å². The quantitative estimate of drug-likeness (QED) is 0.338.